The average molecular weight is 399 g/mol. The van der Waals surface area contributed by atoms with Gasteiger partial charge in [0.2, 0.25) is 5.91 Å². The minimum Gasteiger partial charge on any atom is -0.361 e. The number of carbonyl (C=O) groups is 1. The van der Waals surface area contributed by atoms with Gasteiger partial charge in [0.05, 0.1) is 6.54 Å². The van der Waals surface area contributed by atoms with Gasteiger partial charge in [0.15, 0.2) is 5.96 Å². The van der Waals surface area contributed by atoms with Crippen LogP contribution in [0, 0.1) is 0 Å². The monoisotopic (exact) mass is 398 g/mol. The zero-order valence-electron chi connectivity index (χ0n) is 17.6. The standard InChI is InChI=1S/C22H34N6O/c1-3-24-22(27-18-10-13-28(14-11-18)16-21(29)23-2)25-12-6-7-17-15-26-20-9-5-4-8-19(17)20/h4-5,8-9,15,18,26H,3,6-7,10-14,16H2,1-2H3,(H,23,29)(H2,24,25,27). The number of guanidine groups is 1. The van der Waals surface area contributed by atoms with Crippen LogP contribution in [0.3, 0.4) is 0 Å². The summed E-state index contributed by atoms with van der Waals surface area (Å²) in [5, 5.41) is 10.9. The molecule has 0 radical (unpaired) electrons. The Labute approximate surface area is 173 Å². The minimum absolute atomic E-state index is 0.0847. The molecule has 1 aliphatic rings. The lowest BCUT2D eigenvalue weighted by atomic mass is 10.1. The van der Waals surface area contributed by atoms with E-state index in [1.165, 1.54) is 16.5 Å². The Hall–Kier alpha value is -2.54. The number of para-hydroxylation sites is 1. The van der Waals surface area contributed by atoms with Crippen LogP contribution >= 0.6 is 0 Å². The van der Waals surface area contributed by atoms with Crippen LogP contribution < -0.4 is 16.0 Å². The molecule has 3 rings (SSSR count). The number of hydrogen-bond donors (Lipinski definition) is 4. The first kappa shape index (κ1) is 21.2. The van der Waals surface area contributed by atoms with Crippen LogP contribution in [0.1, 0.15) is 31.7 Å². The number of likely N-dealkylation sites (N-methyl/N-ethyl adjacent to an activating group) is 1. The Balaban J connectivity index is 1.44. The molecule has 2 aromatic rings. The summed E-state index contributed by atoms with van der Waals surface area (Å²) < 4.78 is 0. The third-order valence-corrected chi connectivity index (χ3v) is 5.47. The van der Waals surface area contributed by atoms with Crippen LogP contribution in [-0.4, -0.2) is 67.6 Å². The van der Waals surface area contributed by atoms with Crippen molar-refractivity contribution in [3.05, 3.63) is 36.0 Å². The van der Waals surface area contributed by atoms with E-state index in [0.29, 0.717) is 12.6 Å². The van der Waals surface area contributed by atoms with Gasteiger partial charge in [-0.2, -0.15) is 0 Å². The number of hydrogen-bond acceptors (Lipinski definition) is 3. The van der Waals surface area contributed by atoms with Crippen LogP contribution in [0.2, 0.25) is 0 Å². The highest BCUT2D eigenvalue weighted by Gasteiger charge is 2.21. The van der Waals surface area contributed by atoms with E-state index in [9.17, 15) is 4.79 Å². The molecule has 1 amide bonds. The second-order valence-corrected chi connectivity index (χ2v) is 7.59. The molecule has 4 N–H and O–H groups in total. The summed E-state index contributed by atoms with van der Waals surface area (Å²) in [5.74, 6) is 0.984. The van der Waals surface area contributed by atoms with E-state index >= 15 is 0 Å². The maximum Gasteiger partial charge on any atom is 0.233 e. The number of nitrogens with one attached hydrogen (secondary N) is 4. The van der Waals surface area contributed by atoms with E-state index in [-0.39, 0.29) is 5.91 Å². The molecule has 0 aliphatic carbocycles. The van der Waals surface area contributed by atoms with Crippen LogP contribution in [0.4, 0.5) is 0 Å². The molecule has 2 heterocycles. The smallest absolute Gasteiger partial charge is 0.233 e. The molecule has 0 bridgehead atoms. The number of piperidine rings is 1. The quantitative estimate of drug-likeness (QED) is 0.311. The highest BCUT2D eigenvalue weighted by molar-refractivity contribution is 5.83. The van der Waals surface area contributed by atoms with Gasteiger partial charge in [0.1, 0.15) is 0 Å². The van der Waals surface area contributed by atoms with E-state index < -0.39 is 0 Å². The van der Waals surface area contributed by atoms with E-state index in [0.717, 1.165) is 57.8 Å². The zero-order chi connectivity index (χ0) is 20.5. The van der Waals surface area contributed by atoms with Crippen LogP contribution in [0.25, 0.3) is 10.9 Å². The molecular weight excluding hydrogens is 364 g/mol. The first-order valence-corrected chi connectivity index (χ1v) is 10.7. The number of nitrogens with zero attached hydrogens (tertiary/aromatic N) is 2. The van der Waals surface area contributed by atoms with Gasteiger partial charge in [-0.25, -0.2) is 0 Å². The first-order chi connectivity index (χ1) is 14.2. The van der Waals surface area contributed by atoms with Crippen molar-refractivity contribution >= 4 is 22.8 Å². The molecule has 0 spiro atoms. The van der Waals surface area contributed by atoms with Crippen molar-refractivity contribution in [3.8, 4) is 0 Å². The molecule has 29 heavy (non-hydrogen) atoms. The SMILES string of the molecule is CCNC(=NCCCc1c[nH]c2ccccc12)NC1CCN(CC(=O)NC)CC1. The van der Waals surface area contributed by atoms with Crippen molar-refractivity contribution in [2.45, 2.75) is 38.6 Å². The summed E-state index contributed by atoms with van der Waals surface area (Å²) in [6.07, 6.45) is 6.20. The topological polar surface area (TPSA) is 84.6 Å². The summed E-state index contributed by atoms with van der Waals surface area (Å²) >= 11 is 0. The summed E-state index contributed by atoms with van der Waals surface area (Å²) in [6.45, 7) is 6.10. The zero-order valence-corrected chi connectivity index (χ0v) is 17.6. The summed E-state index contributed by atoms with van der Waals surface area (Å²) in [7, 11) is 1.69. The first-order valence-electron chi connectivity index (χ1n) is 10.7. The van der Waals surface area contributed by atoms with Gasteiger partial charge in [-0.3, -0.25) is 14.7 Å². The normalized spacial score (nSPS) is 16.1. The largest absolute Gasteiger partial charge is 0.361 e. The molecule has 1 saturated heterocycles. The second kappa shape index (κ2) is 10.9. The van der Waals surface area contributed by atoms with Gasteiger partial charge in [0, 0.05) is 56.4 Å². The van der Waals surface area contributed by atoms with Gasteiger partial charge in [-0.15, -0.1) is 0 Å². The number of benzene rings is 1. The molecule has 7 nitrogen and oxygen atoms in total. The molecule has 0 unspecified atom stereocenters. The van der Waals surface area contributed by atoms with Crippen molar-refractivity contribution in [1.29, 1.82) is 0 Å². The number of fused-ring (bicyclic) bond motifs is 1. The van der Waals surface area contributed by atoms with Gasteiger partial charge in [-0.1, -0.05) is 18.2 Å². The molecule has 1 fully saturated rings. The average Bonchev–Trinajstić information content (AvgIpc) is 3.15. The lowest BCUT2D eigenvalue weighted by molar-refractivity contribution is -0.122. The van der Waals surface area contributed by atoms with Crippen LogP contribution in [-0.2, 0) is 11.2 Å². The highest BCUT2D eigenvalue weighted by Crippen LogP contribution is 2.18. The predicted octanol–water partition coefficient (Wildman–Crippen LogP) is 1.87. The number of aliphatic imine (C=N–C) groups is 1. The highest BCUT2D eigenvalue weighted by atomic mass is 16.1. The Morgan fingerprint density at radius 2 is 2.07 bits per heavy atom. The van der Waals surface area contributed by atoms with Gasteiger partial charge >= 0.3 is 0 Å². The third kappa shape index (κ3) is 6.22. The maximum absolute atomic E-state index is 11.5. The fourth-order valence-corrected chi connectivity index (χ4v) is 3.83. The van der Waals surface area contributed by atoms with Crippen molar-refractivity contribution < 1.29 is 4.79 Å². The molecule has 158 valence electrons. The van der Waals surface area contributed by atoms with Crippen molar-refractivity contribution in [2.75, 3.05) is 39.8 Å². The van der Waals surface area contributed by atoms with E-state index in [1.807, 2.05) is 0 Å². The maximum atomic E-state index is 11.5. The van der Waals surface area contributed by atoms with E-state index in [2.05, 4.69) is 63.2 Å². The van der Waals surface area contributed by atoms with Gasteiger partial charge in [0.25, 0.3) is 0 Å². The number of rotatable bonds is 8. The Morgan fingerprint density at radius 1 is 1.28 bits per heavy atom. The fraction of sp³-hybridized carbons (Fsp3) is 0.545. The molecule has 7 heteroatoms. The third-order valence-electron chi connectivity index (χ3n) is 5.47. The number of aromatic nitrogens is 1. The number of H-pyrrole nitrogens is 1. The van der Waals surface area contributed by atoms with Gasteiger partial charge in [-0.05, 0) is 44.2 Å². The summed E-state index contributed by atoms with van der Waals surface area (Å²) in [6, 6.07) is 8.84. The molecule has 1 aliphatic heterocycles. The number of amides is 1. The molecule has 1 aromatic carbocycles. The van der Waals surface area contributed by atoms with Crippen LogP contribution in [0.15, 0.2) is 35.5 Å². The fourth-order valence-electron chi connectivity index (χ4n) is 3.83. The van der Waals surface area contributed by atoms with E-state index in [1.54, 1.807) is 7.05 Å². The van der Waals surface area contributed by atoms with E-state index in [4.69, 9.17) is 4.99 Å². The van der Waals surface area contributed by atoms with Crippen molar-refractivity contribution in [2.24, 2.45) is 4.99 Å². The number of aryl methyl sites for hydroxylation is 1. The van der Waals surface area contributed by atoms with Crippen molar-refractivity contribution in [3.63, 3.8) is 0 Å². The lowest BCUT2D eigenvalue weighted by Crippen LogP contribution is -2.50. The Morgan fingerprint density at radius 3 is 2.83 bits per heavy atom. The molecule has 1 aromatic heterocycles. The lowest BCUT2D eigenvalue weighted by Gasteiger charge is -2.32. The summed E-state index contributed by atoms with van der Waals surface area (Å²) in [5.41, 5.74) is 2.56. The minimum atomic E-state index is 0.0847. The summed E-state index contributed by atoms with van der Waals surface area (Å²) in [4.78, 5) is 21.9. The second-order valence-electron chi connectivity index (χ2n) is 7.59. The molecule has 0 saturated carbocycles. The molecule has 0 atom stereocenters. The Bertz CT molecular complexity index is 806. The van der Waals surface area contributed by atoms with Gasteiger partial charge < -0.3 is 20.9 Å². The Kier molecular flexibility index (Phi) is 7.93. The number of likely N-dealkylation sites (tertiary alicyclic amines) is 1. The van der Waals surface area contributed by atoms with Crippen LogP contribution in [0.5, 0.6) is 0 Å². The number of aromatic amines is 1. The predicted molar refractivity (Wildman–Crippen MR) is 119 cm³/mol. The number of carbonyl (C=O) groups excluding carboxylic acids is 1. The van der Waals surface area contributed by atoms with Crippen molar-refractivity contribution in [1.82, 2.24) is 25.8 Å². The molecular formula is C22H34N6O.